The van der Waals surface area contributed by atoms with Gasteiger partial charge in [-0.2, -0.15) is 13.2 Å². The van der Waals surface area contributed by atoms with E-state index in [1.54, 1.807) is 6.07 Å². The average molecular weight is 472 g/mol. The Hall–Kier alpha value is -0.790. The summed E-state index contributed by atoms with van der Waals surface area (Å²) < 4.78 is 39.7. The molecule has 0 saturated carbocycles. The Bertz CT molecular complexity index is 783. The number of para-hydroxylation sites is 1. The van der Waals surface area contributed by atoms with Crippen LogP contribution in [0, 0.1) is 0 Å². The monoisotopic (exact) mass is 470 g/mol. The molecule has 154 valence electrons. The predicted molar refractivity (Wildman–Crippen MR) is 114 cm³/mol. The van der Waals surface area contributed by atoms with Gasteiger partial charge in [-0.1, -0.05) is 23.9 Å². The first-order valence-corrected chi connectivity index (χ1v) is 10.4. The molecule has 0 bridgehead atoms. The van der Waals surface area contributed by atoms with Crippen molar-refractivity contribution >= 4 is 58.7 Å². The van der Waals surface area contributed by atoms with E-state index >= 15 is 0 Å². The minimum absolute atomic E-state index is 0. The van der Waals surface area contributed by atoms with Crippen molar-refractivity contribution in [2.24, 2.45) is 0 Å². The average Bonchev–Trinajstić information content (AvgIpc) is 2.64. The van der Waals surface area contributed by atoms with Crippen LogP contribution in [0.5, 0.6) is 0 Å². The number of hydrogen-bond acceptors (Lipinski definition) is 3. The van der Waals surface area contributed by atoms with Crippen molar-refractivity contribution in [1.82, 2.24) is 4.90 Å². The number of fused-ring (bicyclic) bond motifs is 2. The zero-order valence-electron chi connectivity index (χ0n) is 14.9. The maximum absolute atomic E-state index is 13.2. The molecule has 0 spiro atoms. The summed E-state index contributed by atoms with van der Waals surface area (Å²) in [7, 11) is 0. The molecule has 0 atom stereocenters. The molecule has 9 heteroatoms. The number of alkyl halides is 5. The van der Waals surface area contributed by atoms with Crippen molar-refractivity contribution in [1.29, 1.82) is 0 Å². The molecule has 1 aliphatic heterocycles. The third-order valence-electron chi connectivity index (χ3n) is 4.39. The molecule has 0 fully saturated rings. The maximum Gasteiger partial charge on any atom is 0.416 e. The van der Waals surface area contributed by atoms with Crippen molar-refractivity contribution < 1.29 is 13.2 Å². The van der Waals surface area contributed by atoms with E-state index in [0.717, 1.165) is 21.5 Å². The first-order valence-electron chi connectivity index (χ1n) is 8.54. The van der Waals surface area contributed by atoms with E-state index in [4.69, 9.17) is 23.2 Å². The molecular formula is C19H20Cl3F3N2S. The molecule has 0 radical (unpaired) electrons. The van der Waals surface area contributed by atoms with Gasteiger partial charge in [0.2, 0.25) is 0 Å². The molecule has 0 N–H and O–H groups in total. The van der Waals surface area contributed by atoms with Gasteiger partial charge in [-0.3, -0.25) is 4.90 Å². The van der Waals surface area contributed by atoms with Gasteiger partial charge in [0.1, 0.15) is 0 Å². The minimum atomic E-state index is -4.37. The van der Waals surface area contributed by atoms with Gasteiger partial charge < -0.3 is 4.90 Å². The highest BCUT2D eigenvalue weighted by Crippen LogP contribution is 2.49. The van der Waals surface area contributed by atoms with Crippen LogP contribution < -0.4 is 4.90 Å². The molecule has 1 aliphatic rings. The zero-order valence-corrected chi connectivity index (χ0v) is 18.0. The third kappa shape index (κ3) is 5.42. The normalized spacial score (nSPS) is 13.1. The topological polar surface area (TPSA) is 6.48 Å². The van der Waals surface area contributed by atoms with E-state index in [1.807, 2.05) is 29.2 Å². The minimum Gasteiger partial charge on any atom is -0.338 e. The maximum atomic E-state index is 13.2. The van der Waals surface area contributed by atoms with Gasteiger partial charge in [0.05, 0.1) is 16.9 Å². The fraction of sp³-hybridized carbons (Fsp3) is 0.368. The molecule has 1 heterocycles. The highest BCUT2D eigenvalue weighted by Gasteiger charge is 2.33. The number of anilines is 2. The van der Waals surface area contributed by atoms with E-state index in [-0.39, 0.29) is 12.4 Å². The fourth-order valence-electron chi connectivity index (χ4n) is 3.06. The zero-order chi connectivity index (χ0) is 19.4. The summed E-state index contributed by atoms with van der Waals surface area (Å²) in [6.07, 6.45) is -4.37. The largest absolute Gasteiger partial charge is 0.416 e. The van der Waals surface area contributed by atoms with Crippen LogP contribution >= 0.6 is 47.4 Å². The van der Waals surface area contributed by atoms with Crippen LogP contribution in [0.3, 0.4) is 0 Å². The summed E-state index contributed by atoms with van der Waals surface area (Å²) in [4.78, 5) is 5.94. The lowest BCUT2D eigenvalue weighted by Gasteiger charge is -2.35. The summed E-state index contributed by atoms with van der Waals surface area (Å²) in [5, 5.41) is 0. The van der Waals surface area contributed by atoms with E-state index < -0.39 is 11.7 Å². The standard InChI is InChI=1S/C19H19Cl2F3N2S.ClH/c20-7-9-25(10-8-21)11-12-26-15-3-1-2-4-17(15)27-18-6-5-14(13-16(18)26)19(22,23)24;/h1-6,13H,7-12H2;1H. The van der Waals surface area contributed by atoms with Crippen molar-refractivity contribution in [2.45, 2.75) is 16.0 Å². The number of hydrogen-bond donors (Lipinski definition) is 0. The van der Waals surface area contributed by atoms with Crippen LogP contribution in [0.2, 0.25) is 0 Å². The van der Waals surface area contributed by atoms with Gasteiger partial charge in [0, 0.05) is 47.7 Å². The van der Waals surface area contributed by atoms with Crippen molar-refractivity contribution in [3.63, 3.8) is 0 Å². The molecule has 0 unspecified atom stereocenters. The van der Waals surface area contributed by atoms with Crippen LogP contribution in [0.4, 0.5) is 24.5 Å². The van der Waals surface area contributed by atoms with E-state index in [9.17, 15) is 13.2 Å². The highest BCUT2D eigenvalue weighted by atomic mass is 35.5. The lowest BCUT2D eigenvalue weighted by atomic mass is 10.1. The second-order valence-corrected chi connectivity index (χ2v) is 7.96. The first kappa shape index (κ1) is 23.5. The second-order valence-electron chi connectivity index (χ2n) is 6.12. The summed E-state index contributed by atoms with van der Waals surface area (Å²) in [5.41, 5.74) is 0.876. The van der Waals surface area contributed by atoms with Gasteiger partial charge >= 0.3 is 6.18 Å². The Labute approximate surface area is 183 Å². The van der Waals surface area contributed by atoms with Gasteiger partial charge in [0.15, 0.2) is 0 Å². The Kier molecular flexibility index (Phi) is 8.64. The Morgan fingerprint density at radius 1 is 0.893 bits per heavy atom. The van der Waals surface area contributed by atoms with Gasteiger partial charge in [-0.25, -0.2) is 0 Å². The first-order chi connectivity index (χ1) is 12.9. The summed E-state index contributed by atoms with van der Waals surface area (Å²) in [5.74, 6) is 0.969. The van der Waals surface area contributed by atoms with E-state index in [2.05, 4.69) is 4.90 Å². The fourth-order valence-corrected chi connectivity index (χ4v) is 4.62. The number of rotatable bonds is 7. The van der Waals surface area contributed by atoms with Crippen molar-refractivity contribution in [3.05, 3.63) is 48.0 Å². The molecule has 3 rings (SSSR count). The second kappa shape index (κ2) is 10.3. The van der Waals surface area contributed by atoms with Crippen LogP contribution in [-0.2, 0) is 6.18 Å². The van der Waals surface area contributed by atoms with Gasteiger partial charge in [-0.15, -0.1) is 35.6 Å². The van der Waals surface area contributed by atoms with E-state index in [1.165, 1.54) is 17.8 Å². The van der Waals surface area contributed by atoms with Crippen LogP contribution in [0.25, 0.3) is 0 Å². The molecule has 0 aliphatic carbocycles. The van der Waals surface area contributed by atoms with Crippen LogP contribution in [0.15, 0.2) is 52.3 Å². The molecule has 0 amide bonds. The SMILES string of the molecule is Cl.FC(F)(F)c1ccc2c(c1)N(CCN(CCCl)CCCl)c1ccccc1S2. The smallest absolute Gasteiger partial charge is 0.338 e. The molecule has 0 aromatic heterocycles. The van der Waals surface area contributed by atoms with Crippen molar-refractivity contribution in [3.8, 4) is 0 Å². The quantitative estimate of drug-likeness (QED) is 0.425. The molecule has 28 heavy (non-hydrogen) atoms. The van der Waals surface area contributed by atoms with Crippen LogP contribution in [0.1, 0.15) is 5.56 Å². The molecule has 2 aromatic carbocycles. The Balaban J connectivity index is 0.00000280. The van der Waals surface area contributed by atoms with Crippen molar-refractivity contribution in [2.75, 3.05) is 42.8 Å². The molecular weight excluding hydrogens is 452 g/mol. The van der Waals surface area contributed by atoms with Gasteiger partial charge in [-0.05, 0) is 30.3 Å². The number of halogens is 6. The summed E-state index contributed by atoms with van der Waals surface area (Å²) in [6.45, 7) is 2.59. The number of nitrogens with zero attached hydrogens (tertiary/aromatic N) is 2. The van der Waals surface area contributed by atoms with Gasteiger partial charge in [0.25, 0.3) is 0 Å². The summed E-state index contributed by atoms with van der Waals surface area (Å²) in [6, 6.07) is 11.7. The highest BCUT2D eigenvalue weighted by molar-refractivity contribution is 7.99. The third-order valence-corrected chi connectivity index (χ3v) is 5.86. The Morgan fingerprint density at radius 2 is 1.54 bits per heavy atom. The number of benzene rings is 2. The lowest BCUT2D eigenvalue weighted by molar-refractivity contribution is -0.137. The van der Waals surface area contributed by atoms with E-state index in [0.29, 0.717) is 43.6 Å². The Morgan fingerprint density at radius 3 is 2.18 bits per heavy atom. The molecule has 0 saturated heterocycles. The lowest BCUT2D eigenvalue weighted by Crippen LogP contribution is -2.36. The van der Waals surface area contributed by atoms with Crippen LogP contribution in [-0.4, -0.2) is 42.8 Å². The predicted octanol–water partition coefficient (Wildman–Crippen LogP) is 6.51. The molecule has 2 aromatic rings. The summed E-state index contributed by atoms with van der Waals surface area (Å²) >= 11 is 13.2. The molecule has 2 nitrogen and oxygen atoms in total.